The number of methoxy groups -OCH3 is 1. The Morgan fingerprint density at radius 2 is 1.72 bits per heavy atom. The lowest BCUT2D eigenvalue weighted by Gasteiger charge is -2.16. The molecule has 0 spiro atoms. The van der Waals surface area contributed by atoms with Crippen LogP contribution in [0.5, 0.6) is 11.5 Å². The van der Waals surface area contributed by atoms with Gasteiger partial charge < -0.3 is 14.8 Å². The van der Waals surface area contributed by atoms with Crippen molar-refractivity contribution in [3.8, 4) is 11.5 Å². The Bertz CT molecular complexity index is 1440. The first kappa shape index (κ1) is 28.7. The molecule has 7 nitrogen and oxygen atoms in total. The zero-order chi connectivity index (χ0) is 27.9. The summed E-state index contributed by atoms with van der Waals surface area (Å²) in [5.74, 6) is 0.0693. The third kappa shape index (κ3) is 7.40. The summed E-state index contributed by atoms with van der Waals surface area (Å²) in [6, 6.07) is 18.4. The maximum Gasteiger partial charge on any atom is 0.294 e. The van der Waals surface area contributed by atoms with Gasteiger partial charge in [-0.1, -0.05) is 50.1 Å². The van der Waals surface area contributed by atoms with E-state index in [9.17, 15) is 14.4 Å². The predicted octanol–water partition coefficient (Wildman–Crippen LogP) is 7.20. The van der Waals surface area contributed by atoms with Crippen molar-refractivity contribution in [3.63, 3.8) is 0 Å². The van der Waals surface area contributed by atoms with E-state index in [1.54, 1.807) is 49.6 Å². The number of hydrogen-bond acceptors (Lipinski definition) is 6. The molecule has 200 valence electrons. The van der Waals surface area contributed by atoms with Gasteiger partial charge in [0.05, 0.1) is 12.0 Å². The van der Waals surface area contributed by atoms with Crippen molar-refractivity contribution in [3.05, 3.63) is 104 Å². The second kappa shape index (κ2) is 13.1. The van der Waals surface area contributed by atoms with E-state index in [4.69, 9.17) is 9.47 Å². The number of benzene rings is 3. The smallest absolute Gasteiger partial charge is 0.294 e. The average molecular weight is 672 g/mol. The molecule has 0 unspecified atom stereocenters. The normalized spacial score (nSPS) is 14.0. The minimum Gasteiger partial charge on any atom is -0.493 e. The molecular formula is C29H24Br2N2O5S. The largest absolute Gasteiger partial charge is 0.493 e. The highest BCUT2D eigenvalue weighted by atomic mass is 79.9. The fourth-order valence-electron chi connectivity index (χ4n) is 3.79. The molecule has 3 aromatic rings. The van der Waals surface area contributed by atoms with E-state index in [0.29, 0.717) is 35.8 Å². The predicted molar refractivity (Wildman–Crippen MR) is 161 cm³/mol. The number of carbonyl (C=O) groups is 3. The zero-order valence-electron chi connectivity index (χ0n) is 20.9. The number of imide groups is 1. The second-order valence-corrected chi connectivity index (χ2v) is 11.3. The second-order valence-electron chi connectivity index (χ2n) is 8.44. The molecule has 0 aromatic heterocycles. The lowest BCUT2D eigenvalue weighted by atomic mass is 10.0. The van der Waals surface area contributed by atoms with E-state index in [1.165, 1.54) is 0 Å². The molecule has 3 amide bonds. The number of halogens is 2. The van der Waals surface area contributed by atoms with Crippen LogP contribution in [0.15, 0.2) is 87.2 Å². The fraction of sp³-hybridized carbons (Fsp3) is 0.138. The van der Waals surface area contributed by atoms with Gasteiger partial charge in [0, 0.05) is 20.2 Å². The SMILES string of the molecule is C=CCc1cc(/C=C2\SC(=O)N(CC(=O)Nc3ccc(Br)cc3)C2=O)cc(OC)c1OCc1ccc(Br)cc1. The van der Waals surface area contributed by atoms with Gasteiger partial charge in [-0.3, -0.25) is 19.3 Å². The molecule has 0 aliphatic carbocycles. The van der Waals surface area contributed by atoms with E-state index < -0.39 is 17.1 Å². The van der Waals surface area contributed by atoms with Crippen molar-refractivity contribution in [2.75, 3.05) is 19.0 Å². The van der Waals surface area contributed by atoms with Crippen molar-refractivity contribution in [2.45, 2.75) is 13.0 Å². The summed E-state index contributed by atoms with van der Waals surface area (Å²) in [4.78, 5) is 39.2. The molecule has 0 radical (unpaired) electrons. The maximum atomic E-state index is 13.0. The standard InChI is InChI=1S/C29H24Br2N2O5S/c1-3-4-20-13-19(14-24(37-2)27(20)38-17-18-5-7-21(30)8-6-18)15-25-28(35)33(29(36)39-25)16-26(34)32-23-11-9-22(31)10-12-23/h3,5-15H,1,4,16-17H2,2H3,(H,32,34)/b25-15-. The molecule has 1 aliphatic heterocycles. The Labute approximate surface area is 247 Å². The van der Waals surface area contributed by atoms with Crippen molar-refractivity contribution in [1.29, 1.82) is 0 Å². The first-order chi connectivity index (χ1) is 18.8. The van der Waals surface area contributed by atoms with Gasteiger partial charge in [0.1, 0.15) is 13.2 Å². The lowest BCUT2D eigenvalue weighted by molar-refractivity contribution is -0.127. The van der Waals surface area contributed by atoms with Crippen molar-refractivity contribution >= 4 is 72.4 Å². The summed E-state index contributed by atoms with van der Waals surface area (Å²) in [6.07, 6.45) is 3.87. The zero-order valence-corrected chi connectivity index (χ0v) is 24.9. The number of rotatable bonds is 10. The molecule has 0 atom stereocenters. The van der Waals surface area contributed by atoms with Gasteiger partial charge in [-0.05, 0) is 83.9 Å². The van der Waals surface area contributed by atoms with Crippen LogP contribution in [0.25, 0.3) is 6.08 Å². The van der Waals surface area contributed by atoms with E-state index in [-0.39, 0.29) is 11.4 Å². The molecule has 4 rings (SSSR count). The maximum absolute atomic E-state index is 13.0. The molecule has 39 heavy (non-hydrogen) atoms. The van der Waals surface area contributed by atoms with Gasteiger partial charge in [0.15, 0.2) is 11.5 Å². The number of ether oxygens (including phenoxy) is 2. The summed E-state index contributed by atoms with van der Waals surface area (Å²) < 4.78 is 13.6. The molecule has 1 heterocycles. The Morgan fingerprint density at radius 1 is 1.05 bits per heavy atom. The van der Waals surface area contributed by atoms with Crippen LogP contribution in [0.4, 0.5) is 10.5 Å². The number of nitrogens with zero attached hydrogens (tertiary/aromatic N) is 1. The highest BCUT2D eigenvalue weighted by Crippen LogP contribution is 2.37. The third-order valence-electron chi connectivity index (χ3n) is 5.64. The summed E-state index contributed by atoms with van der Waals surface area (Å²) in [5.41, 5.74) is 3.03. The number of anilines is 1. The topological polar surface area (TPSA) is 84.9 Å². The van der Waals surface area contributed by atoms with Gasteiger partial charge in [-0.2, -0.15) is 0 Å². The summed E-state index contributed by atoms with van der Waals surface area (Å²) >= 11 is 7.56. The van der Waals surface area contributed by atoms with E-state index >= 15 is 0 Å². The van der Waals surface area contributed by atoms with E-state index in [1.807, 2.05) is 30.3 Å². The minimum absolute atomic E-state index is 0.214. The number of nitrogens with one attached hydrogen (secondary N) is 1. The monoisotopic (exact) mass is 670 g/mol. The Hall–Kier alpha value is -3.34. The summed E-state index contributed by atoms with van der Waals surface area (Å²) in [5, 5.41) is 2.18. The van der Waals surface area contributed by atoms with E-state index in [0.717, 1.165) is 36.7 Å². The van der Waals surface area contributed by atoms with Crippen LogP contribution >= 0.6 is 43.6 Å². The van der Waals surface area contributed by atoms with Crippen LogP contribution in [0.1, 0.15) is 16.7 Å². The van der Waals surface area contributed by atoms with Crippen LogP contribution in [-0.2, 0) is 22.6 Å². The van der Waals surface area contributed by atoms with Crippen LogP contribution in [0.2, 0.25) is 0 Å². The number of allylic oxidation sites excluding steroid dienone is 1. The van der Waals surface area contributed by atoms with Gasteiger partial charge in [0.2, 0.25) is 5.91 Å². The fourth-order valence-corrected chi connectivity index (χ4v) is 5.16. The Morgan fingerprint density at radius 3 is 2.36 bits per heavy atom. The summed E-state index contributed by atoms with van der Waals surface area (Å²) in [7, 11) is 1.54. The molecule has 1 saturated heterocycles. The highest BCUT2D eigenvalue weighted by molar-refractivity contribution is 9.10. The van der Waals surface area contributed by atoms with Crippen molar-refractivity contribution in [2.24, 2.45) is 0 Å². The van der Waals surface area contributed by atoms with Gasteiger partial charge >= 0.3 is 0 Å². The third-order valence-corrected chi connectivity index (χ3v) is 7.60. The summed E-state index contributed by atoms with van der Waals surface area (Å²) in [6.45, 7) is 3.80. The van der Waals surface area contributed by atoms with Gasteiger partial charge in [0.25, 0.3) is 11.1 Å². The van der Waals surface area contributed by atoms with Crippen LogP contribution in [0.3, 0.4) is 0 Å². The lowest BCUT2D eigenvalue weighted by Crippen LogP contribution is -2.36. The number of amides is 3. The number of carbonyl (C=O) groups excluding carboxylic acids is 3. The van der Waals surface area contributed by atoms with Crippen LogP contribution < -0.4 is 14.8 Å². The first-order valence-electron chi connectivity index (χ1n) is 11.8. The molecule has 0 bridgehead atoms. The van der Waals surface area contributed by atoms with Gasteiger partial charge in [-0.15, -0.1) is 6.58 Å². The molecule has 1 N–H and O–H groups in total. The Kier molecular flexibility index (Phi) is 9.66. The van der Waals surface area contributed by atoms with E-state index in [2.05, 4.69) is 43.8 Å². The Balaban J connectivity index is 1.51. The van der Waals surface area contributed by atoms with Gasteiger partial charge in [-0.25, -0.2) is 0 Å². The molecule has 1 aliphatic rings. The number of thioether (sulfide) groups is 1. The molecule has 0 saturated carbocycles. The molecule has 1 fully saturated rings. The molecule has 10 heteroatoms. The molecular weight excluding hydrogens is 648 g/mol. The average Bonchev–Trinajstić information content (AvgIpc) is 3.17. The minimum atomic E-state index is -0.532. The first-order valence-corrected chi connectivity index (χ1v) is 14.2. The van der Waals surface area contributed by atoms with Crippen LogP contribution in [-0.4, -0.2) is 35.6 Å². The number of hydrogen-bond donors (Lipinski definition) is 1. The molecule has 3 aromatic carbocycles. The highest BCUT2D eigenvalue weighted by Gasteiger charge is 2.36. The van der Waals surface area contributed by atoms with Crippen molar-refractivity contribution < 1.29 is 23.9 Å². The van der Waals surface area contributed by atoms with Crippen molar-refractivity contribution in [1.82, 2.24) is 4.90 Å². The van der Waals surface area contributed by atoms with Crippen LogP contribution in [0, 0.1) is 0 Å². The quantitative estimate of drug-likeness (QED) is 0.181.